The quantitative estimate of drug-likeness (QED) is 0.418. The van der Waals surface area contributed by atoms with E-state index in [0.717, 1.165) is 23.0 Å². The Bertz CT molecular complexity index is 1210. The maximum atomic E-state index is 5.79. The first-order chi connectivity index (χ1) is 15.1. The van der Waals surface area contributed by atoms with Crippen molar-refractivity contribution in [2.45, 2.75) is 25.9 Å². The maximum absolute atomic E-state index is 5.79. The number of nitrogens with one attached hydrogen (secondary N) is 1. The van der Waals surface area contributed by atoms with Gasteiger partial charge < -0.3 is 14.8 Å². The Morgan fingerprint density at radius 3 is 2.55 bits per heavy atom. The number of aromatic nitrogens is 2. The molecule has 2 aromatic carbocycles. The van der Waals surface area contributed by atoms with E-state index in [1.807, 2.05) is 18.3 Å². The van der Waals surface area contributed by atoms with Gasteiger partial charge in [0.15, 0.2) is 5.11 Å². The standard InChI is InChI=1S/C26H26N4S/c1-18(2)17-30-25(24(28-26(30)31)22-10-5-6-14-27-22)23-11-7-15-29(23)21-13-12-19-8-3-4-9-20(19)16-21/h3-16,18,24-25H,17H2,1-2H3,(H,28,31)/t24-,25+/m1/s1. The van der Waals surface area contributed by atoms with E-state index >= 15 is 0 Å². The SMILES string of the molecule is CC(C)CN1C(=S)N[C@H](c2ccccn2)[C@@H]1c1cccn1-c1ccc2ccccc2c1. The minimum Gasteiger partial charge on any atom is -0.352 e. The molecule has 0 saturated carbocycles. The molecule has 156 valence electrons. The lowest BCUT2D eigenvalue weighted by molar-refractivity contribution is 0.280. The molecule has 0 aliphatic carbocycles. The summed E-state index contributed by atoms with van der Waals surface area (Å²) < 4.78 is 2.29. The van der Waals surface area contributed by atoms with E-state index in [1.165, 1.54) is 16.5 Å². The summed E-state index contributed by atoms with van der Waals surface area (Å²) in [6, 6.07) is 25.6. The van der Waals surface area contributed by atoms with Crippen LogP contribution in [0.5, 0.6) is 0 Å². The monoisotopic (exact) mass is 426 g/mol. The van der Waals surface area contributed by atoms with E-state index in [9.17, 15) is 0 Å². The molecule has 5 heteroatoms. The molecule has 2 aromatic heterocycles. The second-order valence-electron chi connectivity index (χ2n) is 8.51. The molecule has 3 heterocycles. The fourth-order valence-corrected chi connectivity index (χ4v) is 4.83. The molecule has 0 bridgehead atoms. The second-order valence-corrected chi connectivity index (χ2v) is 8.89. The minimum absolute atomic E-state index is 0.00144. The first kappa shape index (κ1) is 19.8. The Morgan fingerprint density at radius 1 is 0.968 bits per heavy atom. The number of rotatable bonds is 5. The van der Waals surface area contributed by atoms with Gasteiger partial charge in [-0.2, -0.15) is 0 Å². The first-order valence-electron chi connectivity index (χ1n) is 10.8. The zero-order valence-electron chi connectivity index (χ0n) is 17.8. The lowest BCUT2D eigenvalue weighted by Crippen LogP contribution is -2.33. The van der Waals surface area contributed by atoms with E-state index in [1.54, 1.807) is 0 Å². The molecular weight excluding hydrogens is 400 g/mol. The Morgan fingerprint density at radius 2 is 1.77 bits per heavy atom. The Labute approximate surface area is 188 Å². The van der Waals surface area contributed by atoms with Gasteiger partial charge in [-0.25, -0.2) is 0 Å². The van der Waals surface area contributed by atoms with Crippen LogP contribution in [0.3, 0.4) is 0 Å². The fourth-order valence-electron chi connectivity index (χ4n) is 4.51. The van der Waals surface area contributed by atoms with Crippen molar-refractivity contribution < 1.29 is 0 Å². The normalized spacial score (nSPS) is 18.7. The van der Waals surface area contributed by atoms with Gasteiger partial charge in [0.2, 0.25) is 0 Å². The number of hydrogen-bond acceptors (Lipinski definition) is 2. The molecule has 2 atom stereocenters. The van der Waals surface area contributed by atoms with Crippen LogP contribution in [0.2, 0.25) is 0 Å². The molecule has 0 amide bonds. The zero-order chi connectivity index (χ0) is 21.4. The summed E-state index contributed by atoms with van der Waals surface area (Å²) in [5.41, 5.74) is 3.37. The van der Waals surface area contributed by atoms with Crippen LogP contribution >= 0.6 is 12.2 Å². The number of fused-ring (bicyclic) bond motifs is 1. The van der Waals surface area contributed by atoms with Gasteiger partial charge in [0.05, 0.1) is 17.8 Å². The van der Waals surface area contributed by atoms with Crippen molar-refractivity contribution in [1.82, 2.24) is 19.8 Å². The molecule has 1 aliphatic heterocycles. The highest BCUT2D eigenvalue weighted by molar-refractivity contribution is 7.80. The summed E-state index contributed by atoms with van der Waals surface area (Å²) in [7, 11) is 0. The minimum atomic E-state index is 0.00144. The molecule has 4 aromatic rings. The number of pyridine rings is 1. The van der Waals surface area contributed by atoms with Gasteiger partial charge in [-0.15, -0.1) is 0 Å². The Kier molecular flexibility index (Phi) is 5.20. The largest absolute Gasteiger partial charge is 0.352 e. The summed E-state index contributed by atoms with van der Waals surface area (Å²) in [4.78, 5) is 6.98. The third-order valence-electron chi connectivity index (χ3n) is 5.85. The van der Waals surface area contributed by atoms with Gasteiger partial charge >= 0.3 is 0 Å². The van der Waals surface area contributed by atoms with Crippen LogP contribution in [0.1, 0.15) is 37.3 Å². The number of benzene rings is 2. The van der Waals surface area contributed by atoms with Crippen LogP contribution < -0.4 is 5.32 Å². The van der Waals surface area contributed by atoms with Crippen LogP contribution in [0.4, 0.5) is 0 Å². The lowest BCUT2D eigenvalue weighted by atomic mass is 10.00. The average molecular weight is 427 g/mol. The fraction of sp³-hybridized carbons (Fsp3) is 0.231. The summed E-state index contributed by atoms with van der Waals surface area (Å²) in [6.07, 6.45) is 3.99. The van der Waals surface area contributed by atoms with Crippen molar-refractivity contribution in [3.8, 4) is 5.69 Å². The molecule has 0 radical (unpaired) electrons. The number of nitrogens with zero attached hydrogens (tertiary/aromatic N) is 3. The third kappa shape index (κ3) is 3.70. The lowest BCUT2D eigenvalue weighted by Gasteiger charge is -2.30. The van der Waals surface area contributed by atoms with Gasteiger partial charge in [0.25, 0.3) is 0 Å². The number of thiocarbonyl (C=S) groups is 1. The Balaban J connectivity index is 1.62. The van der Waals surface area contributed by atoms with E-state index in [4.69, 9.17) is 12.2 Å². The average Bonchev–Trinajstić information content (AvgIpc) is 3.38. The van der Waals surface area contributed by atoms with Crippen molar-refractivity contribution in [2.24, 2.45) is 5.92 Å². The van der Waals surface area contributed by atoms with Crippen LogP contribution in [0, 0.1) is 5.92 Å². The van der Waals surface area contributed by atoms with E-state index in [-0.39, 0.29) is 12.1 Å². The zero-order valence-corrected chi connectivity index (χ0v) is 18.6. The molecule has 0 unspecified atom stereocenters. The predicted molar refractivity (Wildman–Crippen MR) is 130 cm³/mol. The van der Waals surface area contributed by atoms with Gasteiger partial charge in [-0.1, -0.05) is 50.2 Å². The summed E-state index contributed by atoms with van der Waals surface area (Å²) >= 11 is 5.79. The molecule has 1 N–H and O–H groups in total. The summed E-state index contributed by atoms with van der Waals surface area (Å²) in [5, 5.41) is 6.83. The van der Waals surface area contributed by atoms with Crippen molar-refractivity contribution in [3.63, 3.8) is 0 Å². The molecule has 5 rings (SSSR count). The van der Waals surface area contributed by atoms with E-state index < -0.39 is 0 Å². The van der Waals surface area contributed by atoms with Crippen LogP contribution in [0.15, 0.2) is 85.2 Å². The molecule has 1 saturated heterocycles. The van der Waals surface area contributed by atoms with E-state index in [0.29, 0.717) is 5.92 Å². The topological polar surface area (TPSA) is 33.1 Å². The predicted octanol–water partition coefficient (Wildman–Crippen LogP) is 5.65. The molecule has 1 fully saturated rings. The van der Waals surface area contributed by atoms with Crippen LogP contribution in [-0.4, -0.2) is 26.1 Å². The van der Waals surface area contributed by atoms with Crippen molar-refractivity contribution >= 4 is 28.1 Å². The molecular formula is C26H26N4S. The summed E-state index contributed by atoms with van der Waals surface area (Å²) in [6.45, 7) is 5.36. The highest BCUT2D eigenvalue weighted by Gasteiger charge is 2.41. The van der Waals surface area contributed by atoms with Crippen LogP contribution in [0.25, 0.3) is 16.5 Å². The van der Waals surface area contributed by atoms with Crippen LogP contribution in [-0.2, 0) is 0 Å². The second kappa shape index (κ2) is 8.16. The van der Waals surface area contributed by atoms with E-state index in [2.05, 4.69) is 100 Å². The Hall–Kier alpha value is -3.18. The maximum Gasteiger partial charge on any atom is 0.170 e. The van der Waals surface area contributed by atoms with Gasteiger partial charge in [-0.3, -0.25) is 4.98 Å². The first-order valence-corrected chi connectivity index (χ1v) is 11.2. The highest BCUT2D eigenvalue weighted by Crippen LogP contribution is 2.40. The molecule has 4 nitrogen and oxygen atoms in total. The van der Waals surface area contributed by atoms with Crippen molar-refractivity contribution in [1.29, 1.82) is 0 Å². The van der Waals surface area contributed by atoms with Crippen molar-refractivity contribution in [3.05, 3.63) is 96.6 Å². The van der Waals surface area contributed by atoms with Gasteiger partial charge in [0, 0.05) is 30.3 Å². The molecule has 0 spiro atoms. The third-order valence-corrected chi connectivity index (χ3v) is 6.21. The smallest absolute Gasteiger partial charge is 0.170 e. The highest BCUT2D eigenvalue weighted by atomic mass is 32.1. The molecule has 31 heavy (non-hydrogen) atoms. The summed E-state index contributed by atoms with van der Waals surface area (Å²) in [5.74, 6) is 0.494. The number of hydrogen-bond donors (Lipinski definition) is 1. The van der Waals surface area contributed by atoms with Gasteiger partial charge in [0.1, 0.15) is 0 Å². The van der Waals surface area contributed by atoms with Gasteiger partial charge in [-0.05, 0) is 65.3 Å². The molecule has 1 aliphatic rings. The van der Waals surface area contributed by atoms with Crippen molar-refractivity contribution in [2.75, 3.05) is 6.54 Å².